The molecule has 6 nitrogen and oxygen atoms in total. The number of β-lactam (4-membered cyclic amide) rings is 1. The molecule has 0 aromatic heterocycles. The van der Waals surface area contributed by atoms with Gasteiger partial charge in [-0.05, 0) is 0 Å². The topological polar surface area (TPSA) is 95.7 Å². The first-order valence-electron chi connectivity index (χ1n) is 5.25. The number of nitrogens with one attached hydrogen (secondary N) is 1. The third-order valence-corrected chi connectivity index (χ3v) is 4.33. The number of hydrogen-bond acceptors (Lipinski definition) is 5. The third kappa shape index (κ3) is 1.90. The molecule has 0 radical (unpaired) electrons. The number of thioether (sulfide) groups is 1. The highest BCUT2D eigenvalue weighted by molar-refractivity contribution is 8.01. The van der Waals surface area contributed by atoms with E-state index >= 15 is 0 Å². The molecule has 2 saturated heterocycles. The van der Waals surface area contributed by atoms with Crippen molar-refractivity contribution in [2.45, 2.75) is 23.1 Å². The smallest absolute Gasteiger partial charge is 0.327 e. The lowest BCUT2D eigenvalue weighted by molar-refractivity contribution is -0.156. The molecule has 16 heavy (non-hydrogen) atoms. The standard InChI is InChI=1S/C9H15N3O3S/c10-1-2-11-4-5-8(9(14)15)12-6(13)3-7(12)16-5/h5,7-8,11H,1-4,10H2,(H,14,15). The Morgan fingerprint density at radius 3 is 3.00 bits per heavy atom. The largest absolute Gasteiger partial charge is 0.480 e. The van der Waals surface area contributed by atoms with Crippen LogP contribution in [0.25, 0.3) is 0 Å². The predicted molar refractivity (Wildman–Crippen MR) is 60.0 cm³/mol. The minimum absolute atomic E-state index is 0.0498. The second kappa shape index (κ2) is 4.60. The second-order valence-electron chi connectivity index (χ2n) is 3.91. The van der Waals surface area contributed by atoms with Gasteiger partial charge < -0.3 is 21.1 Å². The maximum atomic E-state index is 11.3. The Morgan fingerprint density at radius 1 is 1.69 bits per heavy atom. The number of carboxylic acids is 1. The summed E-state index contributed by atoms with van der Waals surface area (Å²) in [7, 11) is 0. The highest BCUT2D eigenvalue weighted by Crippen LogP contribution is 2.43. The average Bonchev–Trinajstić information content (AvgIpc) is 2.52. The molecule has 0 aromatic carbocycles. The Bertz CT molecular complexity index is 312. The fraction of sp³-hybridized carbons (Fsp3) is 0.778. The zero-order valence-corrected chi connectivity index (χ0v) is 9.57. The van der Waals surface area contributed by atoms with Gasteiger partial charge in [0.05, 0.1) is 17.0 Å². The second-order valence-corrected chi connectivity index (χ2v) is 5.33. The van der Waals surface area contributed by atoms with Crippen LogP contribution in [0.5, 0.6) is 0 Å². The normalized spacial score (nSPS) is 32.4. The van der Waals surface area contributed by atoms with E-state index < -0.39 is 12.0 Å². The summed E-state index contributed by atoms with van der Waals surface area (Å²) in [5, 5.41) is 12.2. The molecule has 0 aromatic rings. The fourth-order valence-corrected chi connectivity index (χ4v) is 3.72. The number of carbonyl (C=O) groups is 2. The first-order chi connectivity index (χ1) is 7.65. The van der Waals surface area contributed by atoms with E-state index in [9.17, 15) is 9.59 Å². The van der Waals surface area contributed by atoms with Gasteiger partial charge >= 0.3 is 5.97 Å². The number of fused-ring (bicyclic) bond motifs is 1. The summed E-state index contributed by atoms with van der Waals surface area (Å²) >= 11 is 1.57. The van der Waals surface area contributed by atoms with Crippen LogP contribution in [0.15, 0.2) is 0 Å². The molecule has 3 atom stereocenters. The van der Waals surface area contributed by atoms with Crippen LogP contribution < -0.4 is 11.1 Å². The number of rotatable bonds is 5. The molecule has 2 aliphatic rings. The van der Waals surface area contributed by atoms with Gasteiger partial charge in [0.25, 0.3) is 0 Å². The summed E-state index contributed by atoms with van der Waals surface area (Å²) in [6.07, 6.45) is 0.474. The molecule has 7 heteroatoms. The molecule has 0 saturated carbocycles. The van der Waals surface area contributed by atoms with Gasteiger partial charge in [0.2, 0.25) is 5.91 Å². The molecule has 0 aliphatic carbocycles. The zero-order chi connectivity index (χ0) is 11.7. The Hall–Kier alpha value is -0.790. The lowest BCUT2D eigenvalue weighted by Crippen LogP contribution is -2.56. The van der Waals surface area contributed by atoms with Crippen LogP contribution in [0.4, 0.5) is 0 Å². The van der Waals surface area contributed by atoms with Gasteiger partial charge in [-0.25, -0.2) is 4.79 Å². The van der Waals surface area contributed by atoms with Crippen LogP contribution in [0.1, 0.15) is 6.42 Å². The van der Waals surface area contributed by atoms with Crippen molar-refractivity contribution < 1.29 is 14.7 Å². The van der Waals surface area contributed by atoms with Crippen LogP contribution in [-0.2, 0) is 9.59 Å². The van der Waals surface area contributed by atoms with Crippen molar-refractivity contribution >= 4 is 23.6 Å². The number of aliphatic carboxylic acids is 1. The van der Waals surface area contributed by atoms with Gasteiger partial charge in [-0.15, -0.1) is 11.8 Å². The first kappa shape index (κ1) is 11.7. The van der Waals surface area contributed by atoms with E-state index in [1.165, 1.54) is 4.90 Å². The van der Waals surface area contributed by atoms with Gasteiger partial charge in [0, 0.05) is 19.6 Å². The third-order valence-electron chi connectivity index (χ3n) is 2.85. The zero-order valence-electron chi connectivity index (χ0n) is 8.76. The van der Waals surface area contributed by atoms with E-state index in [0.717, 1.165) is 0 Å². The monoisotopic (exact) mass is 245 g/mol. The predicted octanol–water partition coefficient (Wildman–Crippen LogP) is -1.34. The summed E-state index contributed by atoms with van der Waals surface area (Å²) < 4.78 is 0. The molecule has 4 N–H and O–H groups in total. The fourth-order valence-electron chi connectivity index (χ4n) is 2.09. The number of amides is 1. The SMILES string of the molecule is NCCNCC1SC2CC(=O)N2C1C(=O)O. The summed E-state index contributed by atoms with van der Waals surface area (Å²) in [4.78, 5) is 23.9. The van der Waals surface area contributed by atoms with Gasteiger partial charge in [-0.3, -0.25) is 4.79 Å². The van der Waals surface area contributed by atoms with E-state index in [2.05, 4.69) is 5.32 Å². The average molecular weight is 245 g/mol. The maximum Gasteiger partial charge on any atom is 0.327 e. The van der Waals surface area contributed by atoms with Crippen molar-refractivity contribution in [3.8, 4) is 0 Å². The van der Waals surface area contributed by atoms with E-state index in [1.54, 1.807) is 11.8 Å². The molecule has 2 rings (SSSR count). The minimum Gasteiger partial charge on any atom is -0.480 e. The number of hydrogen-bond donors (Lipinski definition) is 3. The van der Waals surface area contributed by atoms with Crippen LogP contribution in [-0.4, -0.2) is 58.2 Å². The summed E-state index contributed by atoms with van der Waals surface area (Å²) in [6.45, 7) is 1.78. The lowest BCUT2D eigenvalue weighted by atomic mass is 10.1. The van der Waals surface area contributed by atoms with Crippen LogP contribution in [0.3, 0.4) is 0 Å². The molecule has 2 aliphatic heterocycles. The van der Waals surface area contributed by atoms with Crippen LogP contribution in [0.2, 0.25) is 0 Å². The molecule has 2 fully saturated rings. The Morgan fingerprint density at radius 2 is 2.44 bits per heavy atom. The minimum atomic E-state index is -0.914. The Labute approximate surface area is 97.5 Å². The molecule has 2 heterocycles. The lowest BCUT2D eigenvalue weighted by Gasteiger charge is -2.35. The van der Waals surface area contributed by atoms with Crippen molar-refractivity contribution in [2.24, 2.45) is 5.73 Å². The number of carboxylic acid groups (broad SMARTS) is 1. The van der Waals surface area contributed by atoms with E-state index in [0.29, 0.717) is 26.1 Å². The highest BCUT2D eigenvalue weighted by Gasteiger charge is 2.54. The number of nitrogens with zero attached hydrogens (tertiary/aromatic N) is 1. The Balaban J connectivity index is 1.96. The Kier molecular flexibility index (Phi) is 3.36. The number of carbonyl (C=O) groups excluding carboxylic acids is 1. The molecule has 1 amide bonds. The quantitative estimate of drug-likeness (QED) is 0.410. The van der Waals surface area contributed by atoms with Crippen LogP contribution in [0, 0.1) is 0 Å². The molecule has 0 spiro atoms. The van der Waals surface area contributed by atoms with Gasteiger partial charge in [0.15, 0.2) is 0 Å². The molecular weight excluding hydrogens is 230 g/mol. The molecule has 0 bridgehead atoms. The van der Waals surface area contributed by atoms with E-state index in [1.807, 2.05) is 0 Å². The van der Waals surface area contributed by atoms with Gasteiger partial charge in [-0.2, -0.15) is 0 Å². The van der Waals surface area contributed by atoms with Crippen molar-refractivity contribution in [3.63, 3.8) is 0 Å². The van der Waals surface area contributed by atoms with Crippen molar-refractivity contribution in [1.82, 2.24) is 10.2 Å². The maximum absolute atomic E-state index is 11.3. The van der Waals surface area contributed by atoms with Crippen molar-refractivity contribution in [1.29, 1.82) is 0 Å². The van der Waals surface area contributed by atoms with Gasteiger partial charge in [-0.1, -0.05) is 0 Å². The van der Waals surface area contributed by atoms with Crippen molar-refractivity contribution in [3.05, 3.63) is 0 Å². The van der Waals surface area contributed by atoms with E-state index in [-0.39, 0.29) is 16.5 Å². The molecule has 90 valence electrons. The summed E-state index contributed by atoms with van der Waals surface area (Å²) in [5.74, 6) is -0.964. The van der Waals surface area contributed by atoms with E-state index in [4.69, 9.17) is 10.8 Å². The summed E-state index contributed by atoms with van der Waals surface area (Å²) in [5.41, 5.74) is 5.35. The highest BCUT2D eigenvalue weighted by atomic mass is 32.2. The van der Waals surface area contributed by atoms with Crippen LogP contribution >= 0.6 is 11.8 Å². The summed E-state index contributed by atoms with van der Waals surface area (Å²) in [6, 6.07) is -0.679. The molecule has 3 unspecified atom stereocenters. The van der Waals surface area contributed by atoms with Crippen molar-refractivity contribution in [2.75, 3.05) is 19.6 Å². The number of nitrogens with two attached hydrogens (primary N) is 1. The first-order valence-corrected chi connectivity index (χ1v) is 6.19. The molecular formula is C9H15N3O3S. The van der Waals surface area contributed by atoms with Gasteiger partial charge in [0.1, 0.15) is 6.04 Å².